The quantitative estimate of drug-likeness (QED) is 0.336. The Balaban J connectivity index is 1.52. The second-order valence-electron chi connectivity index (χ2n) is 8.36. The Morgan fingerprint density at radius 2 is 1.67 bits per heavy atom. The van der Waals surface area contributed by atoms with E-state index in [-0.39, 0.29) is 4.90 Å². The van der Waals surface area contributed by atoms with Gasteiger partial charge in [-0.15, -0.1) is 0 Å². The van der Waals surface area contributed by atoms with Gasteiger partial charge in [0.15, 0.2) is 0 Å². The zero-order valence-electron chi connectivity index (χ0n) is 18.2. The predicted octanol–water partition coefficient (Wildman–Crippen LogP) is 5.89. The van der Waals surface area contributed by atoms with Crippen molar-refractivity contribution in [2.75, 3.05) is 21.8 Å². The fourth-order valence-electron chi connectivity index (χ4n) is 4.50. The molecule has 0 radical (unpaired) electrons. The maximum Gasteiger partial charge on any atom is 0.278 e. The topological polar surface area (TPSA) is 53.5 Å². The van der Waals surface area contributed by atoms with Crippen molar-refractivity contribution in [3.63, 3.8) is 0 Å². The molecule has 1 unspecified atom stereocenters. The van der Waals surface area contributed by atoms with Gasteiger partial charge in [0.1, 0.15) is 0 Å². The Morgan fingerprint density at radius 3 is 2.39 bits per heavy atom. The van der Waals surface area contributed by atoms with Gasteiger partial charge in [0.05, 0.1) is 16.1 Å². The van der Waals surface area contributed by atoms with Crippen molar-refractivity contribution in [3.05, 3.63) is 96.2 Å². The molecule has 0 amide bonds. The largest absolute Gasteiger partial charge is 0.370 e. The molecule has 0 saturated carbocycles. The van der Waals surface area contributed by atoms with Crippen LogP contribution in [0.15, 0.2) is 89.8 Å². The molecule has 1 aliphatic heterocycles. The summed E-state index contributed by atoms with van der Waals surface area (Å²) in [5.41, 5.74) is 4.53. The third-order valence-electron chi connectivity index (χ3n) is 6.15. The summed E-state index contributed by atoms with van der Waals surface area (Å²) in [5, 5.41) is 0.890. The summed E-state index contributed by atoms with van der Waals surface area (Å²) in [6.07, 6.45) is 1.07. The number of benzene rings is 3. The van der Waals surface area contributed by atoms with Crippen LogP contribution >= 0.6 is 11.8 Å². The molecule has 3 aromatic carbocycles. The first-order valence-corrected chi connectivity index (χ1v) is 12.7. The summed E-state index contributed by atoms with van der Waals surface area (Å²) < 4.78 is 26.9. The molecule has 1 fully saturated rings. The van der Waals surface area contributed by atoms with E-state index in [2.05, 4.69) is 40.2 Å². The molecule has 1 aliphatic rings. The third-order valence-corrected chi connectivity index (χ3v) is 8.39. The molecule has 33 heavy (non-hydrogen) atoms. The lowest BCUT2D eigenvalue weighted by molar-refractivity contribution is 0.598. The monoisotopic (exact) mass is 477 g/mol. The standard InChI is InChI=1S/C26H24ClN3O2S/c1-19-16-26(29-15-14-21(18-29)20-8-4-2-5-9-20)24-17-22(12-13-25(24)28-19)30(27)33(31,32)23-10-6-3-7-11-23/h2-13,16-17,21H,14-15,18H2,1H3. The lowest BCUT2D eigenvalue weighted by atomic mass is 9.99. The first-order valence-electron chi connectivity index (χ1n) is 10.9. The SMILES string of the molecule is Cc1cc(N2CCC(c3ccccc3)C2)c2cc(N(Cl)S(=O)(=O)c3ccccc3)ccc2n1. The second-order valence-corrected chi connectivity index (χ2v) is 10.7. The molecule has 7 heteroatoms. The highest BCUT2D eigenvalue weighted by Gasteiger charge is 2.27. The number of halogens is 1. The number of rotatable bonds is 5. The molecule has 0 bridgehead atoms. The van der Waals surface area contributed by atoms with Gasteiger partial charge in [-0.3, -0.25) is 4.98 Å². The van der Waals surface area contributed by atoms with E-state index in [9.17, 15) is 8.42 Å². The Hall–Kier alpha value is -3.09. The highest BCUT2D eigenvalue weighted by atomic mass is 35.5. The van der Waals surface area contributed by atoms with Crippen LogP contribution in [0.3, 0.4) is 0 Å². The van der Waals surface area contributed by atoms with Crippen molar-refractivity contribution in [1.29, 1.82) is 0 Å². The Kier molecular flexibility index (Phi) is 5.72. The van der Waals surface area contributed by atoms with Crippen LogP contribution < -0.4 is 8.72 Å². The molecule has 2 heterocycles. The van der Waals surface area contributed by atoms with E-state index in [1.54, 1.807) is 24.3 Å². The molecule has 0 spiro atoms. The van der Waals surface area contributed by atoms with Crippen molar-refractivity contribution in [3.8, 4) is 0 Å². The zero-order valence-corrected chi connectivity index (χ0v) is 19.8. The van der Waals surface area contributed by atoms with Crippen molar-refractivity contribution in [1.82, 2.24) is 4.98 Å². The molecule has 1 atom stereocenters. The molecule has 1 saturated heterocycles. The fraction of sp³-hybridized carbons (Fsp3) is 0.192. The lowest BCUT2D eigenvalue weighted by Gasteiger charge is -2.23. The molecular weight excluding hydrogens is 454 g/mol. The number of aromatic nitrogens is 1. The average molecular weight is 478 g/mol. The van der Waals surface area contributed by atoms with Crippen LogP contribution in [0.1, 0.15) is 23.6 Å². The van der Waals surface area contributed by atoms with Crippen molar-refractivity contribution < 1.29 is 8.42 Å². The third kappa shape index (κ3) is 4.16. The average Bonchev–Trinajstić information content (AvgIpc) is 3.34. The van der Waals surface area contributed by atoms with E-state index in [1.807, 2.05) is 25.1 Å². The Bertz CT molecular complexity index is 1400. The molecule has 0 N–H and O–H groups in total. The van der Waals surface area contributed by atoms with Gasteiger partial charge < -0.3 is 4.90 Å². The minimum Gasteiger partial charge on any atom is -0.370 e. The maximum atomic E-state index is 13.0. The first kappa shape index (κ1) is 21.7. The van der Waals surface area contributed by atoms with Gasteiger partial charge in [0.25, 0.3) is 10.0 Å². The summed E-state index contributed by atoms with van der Waals surface area (Å²) in [6, 6.07) is 26.2. The minimum absolute atomic E-state index is 0.146. The van der Waals surface area contributed by atoms with Gasteiger partial charge in [-0.1, -0.05) is 48.5 Å². The van der Waals surface area contributed by atoms with Crippen LogP contribution in [0.2, 0.25) is 0 Å². The van der Waals surface area contributed by atoms with Gasteiger partial charge in [-0.2, -0.15) is 12.2 Å². The molecule has 168 valence electrons. The van der Waals surface area contributed by atoms with E-state index in [4.69, 9.17) is 11.8 Å². The van der Waals surface area contributed by atoms with Gasteiger partial charge in [-0.05, 0) is 55.3 Å². The molecular formula is C26H24ClN3O2S. The van der Waals surface area contributed by atoms with Crippen LogP contribution in [0.4, 0.5) is 11.4 Å². The number of pyridine rings is 1. The van der Waals surface area contributed by atoms with E-state index in [1.165, 1.54) is 17.7 Å². The van der Waals surface area contributed by atoms with Crippen LogP contribution in [-0.2, 0) is 10.0 Å². The highest BCUT2D eigenvalue weighted by Crippen LogP contribution is 2.37. The number of anilines is 2. The van der Waals surface area contributed by atoms with Gasteiger partial charge in [-0.25, -0.2) is 0 Å². The van der Waals surface area contributed by atoms with Crippen LogP contribution in [0, 0.1) is 6.92 Å². The maximum absolute atomic E-state index is 13.0. The smallest absolute Gasteiger partial charge is 0.278 e. The van der Waals surface area contributed by atoms with E-state index in [0.29, 0.717) is 11.6 Å². The molecule has 1 aromatic heterocycles. The van der Waals surface area contributed by atoms with Crippen LogP contribution in [-0.4, -0.2) is 26.5 Å². The number of nitrogens with zero attached hydrogens (tertiary/aromatic N) is 3. The second kappa shape index (κ2) is 8.69. The zero-order chi connectivity index (χ0) is 23.0. The normalized spacial score (nSPS) is 16.3. The van der Waals surface area contributed by atoms with E-state index in [0.717, 1.165) is 45.6 Å². The number of hydrogen-bond acceptors (Lipinski definition) is 4. The molecule has 5 nitrogen and oxygen atoms in total. The summed E-state index contributed by atoms with van der Waals surface area (Å²) in [5.74, 6) is 0.459. The van der Waals surface area contributed by atoms with Crippen molar-refractivity contribution in [2.24, 2.45) is 0 Å². The minimum atomic E-state index is -3.88. The number of hydrogen-bond donors (Lipinski definition) is 0. The lowest BCUT2D eigenvalue weighted by Crippen LogP contribution is -2.22. The fourth-order valence-corrected chi connectivity index (χ4v) is 5.92. The predicted molar refractivity (Wildman–Crippen MR) is 134 cm³/mol. The Morgan fingerprint density at radius 1 is 0.970 bits per heavy atom. The van der Waals surface area contributed by atoms with E-state index >= 15 is 0 Å². The molecule has 4 aromatic rings. The van der Waals surface area contributed by atoms with Crippen LogP contribution in [0.25, 0.3) is 10.9 Å². The summed E-state index contributed by atoms with van der Waals surface area (Å²) in [7, 11) is -3.88. The van der Waals surface area contributed by atoms with Gasteiger partial charge in [0.2, 0.25) is 0 Å². The first-order chi connectivity index (χ1) is 15.9. The Labute approximate surface area is 199 Å². The van der Waals surface area contributed by atoms with E-state index < -0.39 is 10.0 Å². The summed E-state index contributed by atoms with van der Waals surface area (Å²) >= 11 is 6.39. The number of fused-ring (bicyclic) bond motifs is 1. The summed E-state index contributed by atoms with van der Waals surface area (Å²) in [6.45, 7) is 3.81. The highest BCUT2D eigenvalue weighted by molar-refractivity contribution is 7.94. The molecule has 0 aliphatic carbocycles. The number of sulfonamides is 1. The molecule has 5 rings (SSSR count). The number of aryl methyl sites for hydroxylation is 1. The summed E-state index contributed by atoms with van der Waals surface area (Å²) in [4.78, 5) is 7.18. The van der Waals surface area contributed by atoms with Gasteiger partial charge >= 0.3 is 0 Å². The van der Waals surface area contributed by atoms with Crippen LogP contribution in [0.5, 0.6) is 0 Å². The van der Waals surface area contributed by atoms with Gasteiger partial charge in [0, 0.05) is 47.6 Å². The van der Waals surface area contributed by atoms with Crippen molar-refractivity contribution >= 4 is 44.1 Å². The van der Waals surface area contributed by atoms with Crippen molar-refractivity contribution in [2.45, 2.75) is 24.2 Å².